The zero-order valence-electron chi connectivity index (χ0n) is 12.7. The first-order chi connectivity index (χ1) is 9.95. The molecule has 1 aromatic heterocycles. The Morgan fingerprint density at radius 2 is 1.95 bits per heavy atom. The van der Waals surface area contributed by atoms with Crippen molar-refractivity contribution in [2.24, 2.45) is 0 Å². The van der Waals surface area contributed by atoms with E-state index in [0.717, 1.165) is 23.8 Å². The predicted molar refractivity (Wildman–Crippen MR) is 85.8 cm³/mol. The van der Waals surface area contributed by atoms with Gasteiger partial charge in [0.05, 0.1) is 0 Å². The number of nitrogens with zero attached hydrogens (tertiary/aromatic N) is 2. The normalized spacial score (nSPS) is 15.4. The summed E-state index contributed by atoms with van der Waals surface area (Å²) in [5.74, 6) is 0.835. The van der Waals surface area contributed by atoms with Crippen molar-refractivity contribution in [3.63, 3.8) is 0 Å². The van der Waals surface area contributed by atoms with Gasteiger partial charge >= 0.3 is 5.69 Å². The third-order valence-corrected chi connectivity index (χ3v) is 4.80. The molecule has 1 heterocycles. The van der Waals surface area contributed by atoms with Gasteiger partial charge in [0.2, 0.25) is 0 Å². The Labute approximate surface area is 129 Å². The summed E-state index contributed by atoms with van der Waals surface area (Å²) < 4.78 is 1.80. The molecular weight excluding hydrogens is 282 g/mol. The second-order valence-electron chi connectivity index (χ2n) is 6.65. The Bertz CT molecular complexity index is 675. The highest BCUT2D eigenvalue weighted by molar-refractivity contribution is 7.98. The van der Waals surface area contributed by atoms with E-state index in [-0.39, 0.29) is 11.1 Å². The lowest BCUT2D eigenvalue weighted by Gasteiger charge is -2.19. The molecule has 1 aliphatic carbocycles. The second kappa shape index (κ2) is 5.37. The molecule has 0 bridgehead atoms. The number of H-pyrrole nitrogens is 1. The van der Waals surface area contributed by atoms with Crippen LogP contribution in [-0.2, 0) is 11.2 Å². The topological polar surface area (TPSA) is 50.7 Å². The monoisotopic (exact) mass is 303 g/mol. The average Bonchev–Trinajstić information content (AvgIpc) is 3.20. The molecule has 1 aliphatic rings. The number of aromatic amines is 1. The van der Waals surface area contributed by atoms with Crippen LogP contribution in [0.2, 0.25) is 0 Å². The quantitative estimate of drug-likeness (QED) is 0.880. The maximum absolute atomic E-state index is 11.7. The van der Waals surface area contributed by atoms with Crippen molar-refractivity contribution in [2.75, 3.05) is 0 Å². The summed E-state index contributed by atoms with van der Waals surface area (Å²) in [5.41, 5.74) is 2.69. The van der Waals surface area contributed by atoms with Crippen molar-refractivity contribution >= 4 is 11.8 Å². The van der Waals surface area contributed by atoms with Gasteiger partial charge in [-0.1, -0.05) is 56.8 Å². The van der Waals surface area contributed by atoms with E-state index in [0.29, 0.717) is 6.04 Å². The van der Waals surface area contributed by atoms with Gasteiger partial charge in [0, 0.05) is 11.8 Å². The van der Waals surface area contributed by atoms with E-state index in [9.17, 15) is 4.79 Å². The van der Waals surface area contributed by atoms with Crippen LogP contribution in [0.4, 0.5) is 0 Å². The van der Waals surface area contributed by atoms with E-state index in [2.05, 4.69) is 55.2 Å². The fraction of sp³-hybridized carbons (Fsp3) is 0.500. The zero-order chi connectivity index (χ0) is 15.0. The third kappa shape index (κ3) is 3.23. The van der Waals surface area contributed by atoms with Gasteiger partial charge in [0.25, 0.3) is 0 Å². The van der Waals surface area contributed by atoms with Crippen LogP contribution in [0.15, 0.2) is 34.2 Å². The van der Waals surface area contributed by atoms with E-state index < -0.39 is 0 Å². The van der Waals surface area contributed by atoms with E-state index in [4.69, 9.17) is 0 Å². The number of thioether (sulfide) groups is 1. The lowest BCUT2D eigenvalue weighted by Crippen LogP contribution is -2.16. The molecule has 2 aromatic rings. The molecule has 0 unspecified atom stereocenters. The Hall–Kier alpha value is -1.49. The summed E-state index contributed by atoms with van der Waals surface area (Å²) in [4.78, 5) is 11.7. The van der Waals surface area contributed by atoms with E-state index in [1.807, 2.05) is 0 Å². The lowest BCUT2D eigenvalue weighted by molar-refractivity contribution is 0.590. The summed E-state index contributed by atoms with van der Waals surface area (Å²) in [6, 6.07) is 9.07. The number of aromatic nitrogens is 3. The zero-order valence-corrected chi connectivity index (χ0v) is 13.5. The van der Waals surface area contributed by atoms with Crippen molar-refractivity contribution in [2.45, 2.75) is 56.0 Å². The van der Waals surface area contributed by atoms with Crippen LogP contribution in [-0.4, -0.2) is 14.8 Å². The van der Waals surface area contributed by atoms with Crippen LogP contribution >= 0.6 is 11.8 Å². The van der Waals surface area contributed by atoms with Gasteiger partial charge in [0.1, 0.15) is 0 Å². The highest BCUT2D eigenvalue weighted by Gasteiger charge is 2.28. The number of hydrogen-bond acceptors (Lipinski definition) is 3. The molecule has 1 saturated carbocycles. The summed E-state index contributed by atoms with van der Waals surface area (Å²) in [6.07, 6.45) is 2.18. The first-order valence-electron chi connectivity index (χ1n) is 7.34. The van der Waals surface area contributed by atoms with Crippen molar-refractivity contribution in [1.29, 1.82) is 0 Å². The molecule has 0 saturated heterocycles. The molecule has 3 rings (SSSR count). The first-order valence-corrected chi connectivity index (χ1v) is 8.33. The first kappa shape index (κ1) is 14.4. The summed E-state index contributed by atoms with van der Waals surface area (Å²) in [6.45, 7) is 6.65. The summed E-state index contributed by atoms with van der Waals surface area (Å²) in [7, 11) is 0. The van der Waals surface area contributed by atoms with Crippen molar-refractivity contribution in [1.82, 2.24) is 14.8 Å². The van der Waals surface area contributed by atoms with Gasteiger partial charge in [-0.3, -0.25) is 4.57 Å². The highest BCUT2D eigenvalue weighted by atomic mass is 32.2. The molecule has 1 N–H and O–H groups in total. The van der Waals surface area contributed by atoms with E-state index in [1.165, 1.54) is 11.1 Å². The van der Waals surface area contributed by atoms with Gasteiger partial charge in [0.15, 0.2) is 5.16 Å². The number of benzene rings is 1. The Morgan fingerprint density at radius 1 is 1.29 bits per heavy atom. The summed E-state index contributed by atoms with van der Waals surface area (Å²) in [5, 5.41) is 7.51. The number of rotatable bonds is 4. The van der Waals surface area contributed by atoms with Crippen LogP contribution in [0.3, 0.4) is 0 Å². The smallest absolute Gasteiger partial charge is 0.267 e. The van der Waals surface area contributed by atoms with E-state index >= 15 is 0 Å². The number of nitrogens with one attached hydrogen (secondary N) is 1. The SMILES string of the molecule is CC(C)(C)c1ccc(CSc2n[nH]c(=O)n2C2CC2)cc1. The summed E-state index contributed by atoms with van der Waals surface area (Å²) >= 11 is 1.62. The molecule has 1 fully saturated rings. The highest BCUT2D eigenvalue weighted by Crippen LogP contribution is 2.36. The Kier molecular flexibility index (Phi) is 3.69. The fourth-order valence-corrected chi connectivity index (χ4v) is 3.27. The van der Waals surface area contributed by atoms with Crippen molar-refractivity contribution < 1.29 is 0 Å². The minimum atomic E-state index is -0.0805. The molecule has 0 amide bonds. The van der Waals surface area contributed by atoms with Crippen LogP contribution in [0, 0.1) is 0 Å². The van der Waals surface area contributed by atoms with Crippen molar-refractivity contribution in [3.8, 4) is 0 Å². The molecule has 0 aliphatic heterocycles. The molecular formula is C16H21N3OS. The van der Waals surface area contributed by atoms with Gasteiger partial charge in [-0.15, -0.1) is 5.10 Å². The average molecular weight is 303 g/mol. The van der Waals surface area contributed by atoms with Crippen molar-refractivity contribution in [3.05, 3.63) is 45.9 Å². The molecule has 1 aromatic carbocycles. The largest absolute Gasteiger partial charge is 0.344 e. The number of hydrogen-bond donors (Lipinski definition) is 1. The van der Waals surface area contributed by atoms with Gasteiger partial charge in [-0.05, 0) is 29.4 Å². The molecule has 112 valence electrons. The predicted octanol–water partition coefficient (Wildman–Crippen LogP) is 3.50. The molecule has 0 spiro atoms. The van der Waals surface area contributed by atoms with Crippen LogP contribution in [0.5, 0.6) is 0 Å². The molecule has 5 heteroatoms. The fourth-order valence-electron chi connectivity index (χ4n) is 2.30. The van der Waals surface area contributed by atoms with E-state index in [1.54, 1.807) is 16.3 Å². The van der Waals surface area contributed by atoms with Crippen LogP contribution in [0.25, 0.3) is 0 Å². The van der Waals surface area contributed by atoms with Gasteiger partial charge < -0.3 is 0 Å². The van der Waals surface area contributed by atoms with Crippen LogP contribution < -0.4 is 5.69 Å². The maximum Gasteiger partial charge on any atom is 0.344 e. The standard InChI is InChI=1S/C16H21N3OS/c1-16(2,3)12-6-4-11(5-7-12)10-21-15-18-17-14(20)19(15)13-8-9-13/h4-7,13H,8-10H2,1-3H3,(H,17,20). The molecule has 21 heavy (non-hydrogen) atoms. The van der Waals surface area contributed by atoms with Crippen LogP contribution in [0.1, 0.15) is 50.8 Å². The Morgan fingerprint density at radius 3 is 2.52 bits per heavy atom. The lowest BCUT2D eigenvalue weighted by atomic mass is 9.87. The van der Waals surface area contributed by atoms with Gasteiger partial charge in [-0.25, -0.2) is 9.89 Å². The second-order valence-corrected chi connectivity index (χ2v) is 7.59. The molecule has 0 atom stereocenters. The molecule has 0 radical (unpaired) electrons. The third-order valence-electron chi connectivity index (χ3n) is 3.77. The minimum absolute atomic E-state index is 0.0805. The minimum Gasteiger partial charge on any atom is -0.267 e. The molecule has 4 nitrogen and oxygen atoms in total. The Balaban J connectivity index is 1.69. The maximum atomic E-state index is 11.7. The van der Waals surface area contributed by atoms with Gasteiger partial charge in [-0.2, -0.15) is 0 Å².